The fraction of sp³-hybridized carbons (Fsp3) is 0.571. The molecule has 0 N–H and O–H groups in total. The third-order valence-corrected chi connectivity index (χ3v) is 1.93. The highest BCUT2D eigenvalue weighted by molar-refractivity contribution is 5.65. The van der Waals surface area contributed by atoms with Crippen molar-refractivity contribution in [1.82, 2.24) is 9.80 Å². The second kappa shape index (κ2) is 3.85. The summed E-state index contributed by atoms with van der Waals surface area (Å²) in [4.78, 5) is 34.0. The van der Waals surface area contributed by atoms with E-state index in [1.54, 1.807) is 0 Å². The number of aldehydes is 1. The molecule has 1 fully saturated rings. The fourth-order valence-electron chi connectivity index (χ4n) is 1.19. The second-order valence-electron chi connectivity index (χ2n) is 2.65. The number of hydrogen-bond donors (Lipinski definition) is 0. The Balaban J connectivity index is 2.58. The molecule has 1 heterocycles. The predicted octanol–water partition coefficient (Wildman–Crippen LogP) is -1.52. The third kappa shape index (κ3) is 1.61. The number of amides is 2. The number of carbonyl (C=O) groups excluding carboxylic acids is 3. The lowest BCUT2D eigenvalue weighted by Crippen LogP contribution is -2.52. The second-order valence-corrected chi connectivity index (χ2v) is 2.65. The first-order valence-electron chi connectivity index (χ1n) is 3.67. The smallest absolute Gasteiger partial charge is 0.210 e. The average molecular weight is 170 g/mol. The third-order valence-electron chi connectivity index (χ3n) is 1.93. The molecule has 1 atom stereocenters. The minimum atomic E-state index is -0.471. The lowest BCUT2D eigenvalue weighted by Gasteiger charge is -2.34. The Morgan fingerprint density at radius 2 is 1.83 bits per heavy atom. The van der Waals surface area contributed by atoms with Gasteiger partial charge in [0.25, 0.3) is 0 Å². The Hall–Kier alpha value is -1.39. The maximum absolute atomic E-state index is 10.4. The molecule has 0 spiro atoms. The van der Waals surface area contributed by atoms with Crippen LogP contribution in [-0.4, -0.2) is 54.6 Å². The first kappa shape index (κ1) is 8.70. The van der Waals surface area contributed by atoms with Crippen molar-refractivity contribution in [2.24, 2.45) is 0 Å². The summed E-state index contributed by atoms with van der Waals surface area (Å²) in [7, 11) is 0. The number of rotatable bonds is 3. The van der Waals surface area contributed by atoms with E-state index in [1.807, 2.05) is 0 Å². The van der Waals surface area contributed by atoms with Crippen LogP contribution in [0.3, 0.4) is 0 Å². The Bertz CT molecular complexity index is 195. The molecule has 0 aromatic heterocycles. The van der Waals surface area contributed by atoms with Gasteiger partial charge in [-0.25, -0.2) is 0 Å². The molecule has 0 radical (unpaired) electrons. The van der Waals surface area contributed by atoms with E-state index < -0.39 is 6.04 Å². The van der Waals surface area contributed by atoms with Gasteiger partial charge in [0.2, 0.25) is 12.8 Å². The number of hydrogen-bond acceptors (Lipinski definition) is 3. The quantitative estimate of drug-likeness (QED) is 0.483. The van der Waals surface area contributed by atoms with Gasteiger partial charge in [0.1, 0.15) is 12.3 Å². The topological polar surface area (TPSA) is 57.7 Å². The summed E-state index contributed by atoms with van der Waals surface area (Å²) in [5.74, 6) is 0. The molecule has 0 aliphatic carbocycles. The summed E-state index contributed by atoms with van der Waals surface area (Å²) in [6, 6.07) is -0.471. The maximum Gasteiger partial charge on any atom is 0.210 e. The minimum absolute atomic E-state index is 0.311. The van der Waals surface area contributed by atoms with Crippen molar-refractivity contribution in [2.75, 3.05) is 19.6 Å². The van der Waals surface area contributed by atoms with Crippen LogP contribution in [0, 0.1) is 0 Å². The number of piperazine rings is 1. The van der Waals surface area contributed by atoms with Crippen LogP contribution in [0.4, 0.5) is 0 Å². The van der Waals surface area contributed by atoms with Crippen LogP contribution in [0.5, 0.6) is 0 Å². The van der Waals surface area contributed by atoms with Crippen molar-refractivity contribution < 1.29 is 14.4 Å². The molecular weight excluding hydrogens is 160 g/mol. The highest BCUT2D eigenvalue weighted by Gasteiger charge is 2.24. The zero-order valence-electron chi connectivity index (χ0n) is 6.55. The minimum Gasteiger partial charge on any atom is -0.341 e. The molecule has 1 saturated heterocycles. The largest absolute Gasteiger partial charge is 0.341 e. The Labute approximate surface area is 69.9 Å². The molecular formula is C7H10N2O3. The maximum atomic E-state index is 10.4. The normalized spacial score (nSPS) is 23.5. The van der Waals surface area contributed by atoms with Crippen molar-refractivity contribution in [3.05, 3.63) is 0 Å². The molecule has 1 unspecified atom stereocenters. The van der Waals surface area contributed by atoms with E-state index in [9.17, 15) is 14.4 Å². The van der Waals surface area contributed by atoms with Gasteiger partial charge in [-0.15, -0.1) is 0 Å². The van der Waals surface area contributed by atoms with E-state index in [-0.39, 0.29) is 0 Å². The van der Waals surface area contributed by atoms with E-state index in [1.165, 1.54) is 9.80 Å². The van der Waals surface area contributed by atoms with Gasteiger partial charge < -0.3 is 14.6 Å². The summed E-state index contributed by atoms with van der Waals surface area (Å²) in [6.07, 6.45) is 2.02. The molecule has 1 rings (SSSR count). The van der Waals surface area contributed by atoms with Crippen LogP contribution in [0.1, 0.15) is 0 Å². The summed E-state index contributed by atoms with van der Waals surface area (Å²) >= 11 is 0. The molecule has 1 aliphatic rings. The molecule has 0 aromatic rings. The van der Waals surface area contributed by atoms with Crippen molar-refractivity contribution >= 4 is 19.1 Å². The molecule has 0 saturated carbocycles. The standard InChI is InChI=1S/C7H10N2O3/c10-4-7-3-8(5-11)1-2-9(7)6-12/h4-7H,1-3H2. The van der Waals surface area contributed by atoms with Crippen LogP contribution >= 0.6 is 0 Å². The molecule has 0 bridgehead atoms. The Morgan fingerprint density at radius 1 is 1.08 bits per heavy atom. The van der Waals surface area contributed by atoms with Crippen LogP contribution in [0.2, 0.25) is 0 Å². The van der Waals surface area contributed by atoms with Gasteiger partial charge in [-0.05, 0) is 0 Å². The van der Waals surface area contributed by atoms with Crippen molar-refractivity contribution in [2.45, 2.75) is 6.04 Å². The molecule has 5 heteroatoms. The molecule has 0 aromatic carbocycles. The highest BCUT2D eigenvalue weighted by atomic mass is 16.1. The van der Waals surface area contributed by atoms with Gasteiger partial charge >= 0.3 is 0 Å². The van der Waals surface area contributed by atoms with Gasteiger partial charge in [0.05, 0.1) is 0 Å². The van der Waals surface area contributed by atoms with E-state index in [4.69, 9.17) is 0 Å². The van der Waals surface area contributed by atoms with E-state index in [0.29, 0.717) is 38.7 Å². The van der Waals surface area contributed by atoms with E-state index in [0.717, 1.165) is 0 Å². The molecule has 5 nitrogen and oxygen atoms in total. The van der Waals surface area contributed by atoms with Gasteiger partial charge in [0.15, 0.2) is 0 Å². The van der Waals surface area contributed by atoms with Crippen LogP contribution in [0.25, 0.3) is 0 Å². The predicted molar refractivity (Wildman–Crippen MR) is 40.3 cm³/mol. The Kier molecular flexibility index (Phi) is 2.79. The number of nitrogens with zero attached hydrogens (tertiary/aromatic N) is 2. The summed E-state index contributed by atoms with van der Waals surface area (Å²) < 4.78 is 0. The summed E-state index contributed by atoms with van der Waals surface area (Å²) in [5.41, 5.74) is 0. The molecule has 66 valence electrons. The fourth-order valence-corrected chi connectivity index (χ4v) is 1.19. The molecule has 12 heavy (non-hydrogen) atoms. The van der Waals surface area contributed by atoms with E-state index >= 15 is 0 Å². The van der Waals surface area contributed by atoms with Gasteiger partial charge in [0, 0.05) is 19.6 Å². The lowest BCUT2D eigenvalue weighted by atomic mass is 10.2. The molecule has 1 aliphatic heterocycles. The first-order valence-corrected chi connectivity index (χ1v) is 3.67. The zero-order chi connectivity index (χ0) is 8.97. The monoisotopic (exact) mass is 170 g/mol. The summed E-state index contributed by atoms with van der Waals surface area (Å²) in [5, 5.41) is 0. The number of carbonyl (C=O) groups is 3. The molecule has 2 amide bonds. The first-order chi connectivity index (χ1) is 5.81. The average Bonchev–Trinajstić information content (AvgIpc) is 2.16. The zero-order valence-corrected chi connectivity index (χ0v) is 6.55. The lowest BCUT2D eigenvalue weighted by molar-refractivity contribution is -0.132. The van der Waals surface area contributed by atoms with Gasteiger partial charge in [-0.1, -0.05) is 0 Å². The van der Waals surface area contributed by atoms with Crippen LogP contribution in [-0.2, 0) is 14.4 Å². The Morgan fingerprint density at radius 3 is 2.33 bits per heavy atom. The van der Waals surface area contributed by atoms with Crippen molar-refractivity contribution in [3.63, 3.8) is 0 Å². The van der Waals surface area contributed by atoms with Gasteiger partial charge in [-0.2, -0.15) is 0 Å². The van der Waals surface area contributed by atoms with Crippen molar-refractivity contribution in [1.29, 1.82) is 0 Å². The van der Waals surface area contributed by atoms with E-state index in [2.05, 4.69) is 0 Å². The SMILES string of the molecule is O=CC1CN(C=O)CCN1C=O. The van der Waals surface area contributed by atoms with Crippen LogP contribution in [0.15, 0.2) is 0 Å². The van der Waals surface area contributed by atoms with Gasteiger partial charge in [-0.3, -0.25) is 9.59 Å². The van der Waals surface area contributed by atoms with Crippen molar-refractivity contribution in [3.8, 4) is 0 Å². The summed E-state index contributed by atoms with van der Waals surface area (Å²) in [6.45, 7) is 1.25. The van der Waals surface area contributed by atoms with Crippen LogP contribution < -0.4 is 0 Å². The highest BCUT2D eigenvalue weighted by Crippen LogP contribution is 2.03.